The summed E-state index contributed by atoms with van der Waals surface area (Å²) in [7, 11) is 0. The molecule has 1 aliphatic heterocycles. The molecule has 2 aliphatic rings. The van der Waals surface area contributed by atoms with Gasteiger partial charge in [-0.05, 0) is 25.3 Å². The number of nitrogens with zero attached hydrogens (tertiary/aromatic N) is 1. The predicted molar refractivity (Wildman–Crippen MR) is 83.7 cm³/mol. The van der Waals surface area contributed by atoms with Crippen LogP contribution in [0.2, 0.25) is 0 Å². The van der Waals surface area contributed by atoms with Crippen molar-refractivity contribution in [3.05, 3.63) is 35.4 Å². The van der Waals surface area contributed by atoms with Crippen molar-refractivity contribution in [3.8, 4) is 0 Å². The van der Waals surface area contributed by atoms with E-state index in [-0.39, 0.29) is 0 Å². The first-order valence-corrected chi connectivity index (χ1v) is 8.25. The van der Waals surface area contributed by atoms with Gasteiger partial charge in [-0.2, -0.15) is 0 Å². The molecule has 19 heavy (non-hydrogen) atoms. The van der Waals surface area contributed by atoms with Crippen molar-refractivity contribution in [3.63, 3.8) is 0 Å². The fraction of sp³-hybridized carbons (Fsp3) is 0.562. The molecule has 1 aliphatic carbocycles. The van der Waals surface area contributed by atoms with Crippen LogP contribution in [0.4, 0.5) is 0 Å². The first kappa shape index (κ1) is 13.0. The highest BCUT2D eigenvalue weighted by Gasteiger charge is 2.37. The van der Waals surface area contributed by atoms with Gasteiger partial charge in [0.25, 0.3) is 0 Å². The van der Waals surface area contributed by atoms with Gasteiger partial charge in [-0.15, -0.1) is 0 Å². The first-order chi connectivity index (χ1) is 9.26. The van der Waals surface area contributed by atoms with Crippen molar-refractivity contribution in [1.29, 1.82) is 0 Å². The average molecular weight is 274 g/mol. The Kier molecular flexibility index (Phi) is 3.83. The Labute approximate surface area is 120 Å². The molecule has 1 heterocycles. The van der Waals surface area contributed by atoms with E-state index in [0.29, 0.717) is 5.54 Å². The van der Waals surface area contributed by atoms with Crippen molar-refractivity contribution in [2.75, 3.05) is 5.75 Å². The summed E-state index contributed by atoms with van der Waals surface area (Å²) in [5.41, 5.74) is 2.99. The molecule has 0 bridgehead atoms. The SMILES string of the molecule is Cc1cccc(CN=C2NC3(CCCCC3)CS2)c1. The molecular weight excluding hydrogens is 252 g/mol. The monoisotopic (exact) mass is 274 g/mol. The molecule has 0 atom stereocenters. The lowest BCUT2D eigenvalue weighted by molar-refractivity contribution is 0.303. The third kappa shape index (κ3) is 3.14. The van der Waals surface area contributed by atoms with E-state index in [1.165, 1.54) is 49.0 Å². The second kappa shape index (κ2) is 5.58. The zero-order valence-corrected chi connectivity index (χ0v) is 12.4. The summed E-state index contributed by atoms with van der Waals surface area (Å²) in [4.78, 5) is 4.75. The molecule has 1 saturated carbocycles. The Morgan fingerprint density at radius 2 is 2.11 bits per heavy atom. The van der Waals surface area contributed by atoms with Crippen LogP contribution in [0.3, 0.4) is 0 Å². The van der Waals surface area contributed by atoms with E-state index in [4.69, 9.17) is 4.99 Å². The molecule has 2 nitrogen and oxygen atoms in total. The summed E-state index contributed by atoms with van der Waals surface area (Å²) < 4.78 is 0. The number of benzene rings is 1. The molecule has 102 valence electrons. The lowest BCUT2D eigenvalue weighted by atomic mass is 9.83. The Bertz CT molecular complexity index is 475. The normalized spacial score (nSPS) is 23.7. The molecular formula is C16H22N2S. The Morgan fingerprint density at radius 1 is 1.26 bits per heavy atom. The summed E-state index contributed by atoms with van der Waals surface area (Å²) in [6.45, 7) is 2.93. The van der Waals surface area contributed by atoms with Crippen molar-refractivity contribution in [1.82, 2.24) is 5.32 Å². The van der Waals surface area contributed by atoms with Crippen LogP contribution in [0.1, 0.15) is 43.2 Å². The van der Waals surface area contributed by atoms with E-state index < -0.39 is 0 Å². The fourth-order valence-corrected chi connectivity index (χ4v) is 4.28. The van der Waals surface area contributed by atoms with Gasteiger partial charge in [0.05, 0.1) is 6.54 Å². The third-order valence-electron chi connectivity index (χ3n) is 4.16. The summed E-state index contributed by atoms with van der Waals surface area (Å²) >= 11 is 1.91. The van der Waals surface area contributed by atoms with Gasteiger partial charge in [0.1, 0.15) is 0 Å². The Hall–Kier alpha value is -0.960. The summed E-state index contributed by atoms with van der Waals surface area (Å²) in [5.74, 6) is 1.21. The number of aryl methyl sites for hydroxylation is 1. The highest BCUT2D eigenvalue weighted by Crippen LogP contribution is 2.36. The lowest BCUT2D eigenvalue weighted by Crippen LogP contribution is -2.45. The topological polar surface area (TPSA) is 24.4 Å². The van der Waals surface area contributed by atoms with Gasteiger partial charge >= 0.3 is 0 Å². The molecule has 1 spiro atoms. The highest BCUT2D eigenvalue weighted by molar-refractivity contribution is 8.14. The summed E-state index contributed by atoms with van der Waals surface area (Å²) in [6.07, 6.45) is 6.80. The summed E-state index contributed by atoms with van der Waals surface area (Å²) in [6, 6.07) is 8.63. The van der Waals surface area contributed by atoms with Crippen LogP contribution in [0.15, 0.2) is 29.3 Å². The minimum absolute atomic E-state index is 0.369. The van der Waals surface area contributed by atoms with Crippen molar-refractivity contribution in [2.24, 2.45) is 4.99 Å². The maximum atomic E-state index is 4.75. The summed E-state index contributed by atoms with van der Waals surface area (Å²) in [5, 5.41) is 4.86. The van der Waals surface area contributed by atoms with E-state index >= 15 is 0 Å². The van der Waals surface area contributed by atoms with Crippen molar-refractivity contribution in [2.45, 2.75) is 51.1 Å². The van der Waals surface area contributed by atoms with Gasteiger partial charge < -0.3 is 5.32 Å². The standard InChI is InChI=1S/C16H22N2S/c1-13-6-5-7-14(10-13)11-17-15-18-16(12-19-15)8-3-2-4-9-16/h5-7,10H,2-4,8-9,11-12H2,1H3,(H,17,18). The maximum absolute atomic E-state index is 4.75. The predicted octanol–water partition coefficient (Wildman–Crippen LogP) is 3.89. The van der Waals surface area contributed by atoms with Crippen molar-refractivity contribution >= 4 is 16.9 Å². The largest absolute Gasteiger partial charge is 0.359 e. The quantitative estimate of drug-likeness (QED) is 0.884. The van der Waals surface area contributed by atoms with Gasteiger partial charge in [0, 0.05) is 11.3 Å². The molecule has 1 saturated heterocycles. The Balaban J connectivity index is 1.62. The number of nitrogens with one attached hydrogen (secondary N) is 1. The number of rotatable bonds is 2. The molecule has 0 unspecified atom stereocenters. The molecule has 3 rings (SSSR count). The van der Waals surface area contributed by atoms with E-state index in [0.717, 1.165) is 11.7 Å². The van der Waals surface area contributed by atoms with Gasteiger partial charge in [-0.25, -0.2) is 0 Å². The first-order valence-electron chi connectivity index (χ1n) is 7.27. The van der Waals surface area contributed by atoms with E-state index in [1.807, 2.05) is 11.8 Å². The van der Waals surface area contributed by atoms with Crippen LogP contribution in [0.25, 0.3) is 0 Å². The minimum Gasteiger partial charge on any atom is -0.359 e. The van der Waals surface area contributed by atoms with Gasteiger partial charge in [-0.3, -0.25) is 4.99 Å². The molecule has 1 aromatic carbocycles. The number of aliphatic imine (C=N–C) groups is 1. The number of hydrogen-bond donors (Lipinski definition) is 1. The lowest BCUT2D eigenvalue weighted by Gasteiger charge is -2.32. The average Bonchev–Trinajstić information content (AvgIpc) is 2.80. The Morgan fingerprint density at radius 3 is 2.89 bits per heavy atom. The van der Waals surface area contributed by atoms with Crippen LogP contribution < -0.4 is 5.32 Å². The van der Waals surface area contributed by atoms with Crippen LogP contribution in [-0.4, -0.2) is 16.5 Å². The second-order valence-electron chi connectivity index (χ2n) is 5.87. The third-order valence-corrected chi connectivity index (χ3v) is 5.36. The van der Waals surface area contributed by atoms with Crippen molar-refractivity contribution < 1.29 is 0 Å². The van der Waals surface area contributed by atoms with Crippen LogP contribution in [-0.2, 0) is 6.54 Å². The fourth-order valence-electron chi connectivity index (χ4n) is 3.06. The zero-order chi connectivity index (χ0) is 13.1. The van der Waals surface area contributed by atoms with Gasteiger partial charge in [0.2, 0.25) is 0 Å². The van der Waals surface area contributed by atoms with E-state index in [9.17, 15) is 0 Å². The van der Waals surface area contributed by atoms with E-state index in [2.05, 4.69) is 36.5 Å². The van der Waals surface area contributed by atoms with Crippen LogP contribution in [0.5, 0.6) is 0 Å². The van der Waals surface area contributed by atoms with Gasteiger partial charge in [-0.1, -0.05) is 60.9 Å². The van der Waals surface area contributed by atoms with Crippen LogP contribution >= 0.6 is 11.8 Å². The molecule has 0 amide bonds. The molecule has 2 fully saturated rings. The molecule has 0 aromatic heterocycles. The molecule has 3 heteroatoms. The number of hydrogen-bond acceptors (Lipinski definition) is 2. The van der Waals surface area contributed by atoms with Crippen LogP contribution in [0, 0.1) is 6.92 Å². The highest BCUT2D eigenvalue weighted by atomic mass is 32.2. The maximum Gasteiger partial charge on any atom is 0.157 e. The van der Waals surface area contributed by atoms with Gasteiger partial charge in [0.15, 0.2) is 5.17 Å². The second-order valence-corrected chi connectivity index (χ2v) is 6.83. The van der Waals surface area contributed by atoms with E-state index in [1.54, 1.807) is 0 Å². The zero-order valence-electron chi connectivity index (χ0n) is 11.6. The molecule has 0 radical (unpaired) electrons. The molecule has 1 aromatic rings. The smallest absolute Gasteiger partial charge is 0.157 e. The number of thioether (sulfide) groups is 1. The minimum atomic E-state index is 0.369. The number of amidine groups is 1. The molecule has 1 N–H and O–H groups in total.